The van der Waals surface area contributed by atoms with Gasteiger partial charge in [0, 0.05) is 26.7 Å². The van der Waals surface area contributed by atoms with Gasteiger partial charge in [0.05, 0.1) is 43.3 Å². The Morgan fingerprint density at radius 3 is 2.51 bits per heavy atom. The summed E-state index contributed by atoms with van der Waals surface area (Å²) in [5, 5.41) is 19.8. The fourth-order valence-electron chi connectivity index (χ4n) is 5.92. The van der Waals surface area contributed by atoms with Crippen molar-refractivity contribution in [3.8, 4) is 5.75 Å². The molecule has 14 heteroatoms. The van der Waals surface area contributed by atoms with E-state index in [9.17, 15) is 23.1 Å². The topological polar surface area (TPSA) is 165 Å². The number of carbonyl (C=O) groups excluding carboxylic acids is 2. The van der Waals surface area contributed by atoms with E-state index >= 15 is 0 Å². The maximum atomic E-state index is 14.1. The van der Waals surface area contributed by atoms with Crippen LogP contribution in [0.2, 0.25) is 0 Å². The third-order valence-corrected chi connectivity index (χ3v) is 10.4. The van der Waals surface area contributed by atoms with Gasteiger partial charge in [0.15, 0.2) is 6.29 Å². The minimum Gasteiger partial charge on any atom is -0.497 e. The first-order valence-electron chi connectivity index (χ1n) is 15.9. The number of benzene rings is 2. The van der Waals surface area contributed by atoms with Gasteiger partial charge in [-0.05, 0) is 60.9 Å². The number of ether oxygens (including phenoxy) is 4. The molecular formula is C33H48N4O9S. The number of aliphatic hydroxyl groups is 1. The molecule has 5 atom stereocenters. The highest BCUT2D eigenvalue weighted by Crippen LogP contribution is 2.33. The van der Waals surface area contributed by atoms with Gasteiger partial charge in [-0.15, -0.1) is 0 Å². The molecule has 260 valence electrons. The summed E-state index contributed by atoms with van der Waals surface area (Å²) in [5.74, 6) is 0.449. The Hall–Kier alpha value is -3.43. The summed E-state index contributed by atoms with van der Waals surface area (Å²) in [5.41, 5.74) is 0.312. The van der Waals surface area contributed by atoms with Crippen molar-refractivity contribution in [1.82, 2.24) is 20.3 Å². The molecule has 3 amide bonds. The van der Waals surface area contributed by atoms with Gasteiger partial charge in [0.25, 0.3) is 0 Å². The van der Waals surface area contributed by atoms with E-state index in [1.807, 2.05) is 44.2 Å². The van der Waals surface area contributed by atoms with E-state index in [1.165, 1.54) is 30.6 Å². The molecule has 0 saturated carbocycles. The number of aliphatic hydroxyl groups excluding tert-OH is 1. The number of urea groups is 1. The molecule has 0 aromatic heterocycles. The number of nitrogens with one attached hydrogen (secondary N) is 3. The zero-order chi connectivity index (χ0) is 34.0. The van der Waals surface area contributed by atoms with Crippen molar-refractivity contribution in [2.75, 3.05) is 47.0 Å². The molecule has 4 N–H and O–H groups in total. The summed E-state index contributed by atoms with van der Waals surface area (Å²) in [6.45, 7) is 4.83. The molecule has 47 heavy (non-hydrogen) atoms. The fraction of sp³-hybridized carbons (Fsp3) is 0.576. The van der Waals surface area contributed by atoms with Crippen molar-refractivity contribution in [1.29, 1.82) is 0 Å². The van der Waals surface area contributed by atoms with Crippen LogP contribution in [-0.2, 0) is 30.7 Å². The number of fused-ring (bicyclic) bond motifs is 1. The number of carbonyl (C=O) groups is 2. The average molecular weight is 677 g/mol. The van der Waals surface area contributed by atoms with Gasteiger partial charge in [0.1, 0.15) is 11.9 Å². The molecule has 4 rings (SSSR count). The van der Waals surface area contributed by atoms with Crippen LogP contribution in [0.1, 0.15) is 38.7 Å². The van der Waals surface area contributed by atoms with Crippen LogP contribution in [-0.4, -0.2) is 101 Å². The van der Waals surface area contributed by atoms with Crippen LogP contribution in [0, 0.1) is 11.3 Å². The first-order valence-corrected chi connectivity index (χ1v) is 17.4. The van der Waals surface area contributed by atoms with Crippen molar-refractivity contribution < 1.29 is 42.1 Å². The largest absolute Gasteiger partial charge is 0.497 e. The lowest BCUT2D eigenvalue weighted by molar-refractivity contribution is -0.0907. The fourth-order valence-corrected chi connectivity index (χ4v) is 7.56. The molecule has 2 heterocycles. The van der Waals surface area contributed by atoms with Crippen molar-refractivity contribution in [2.24, 2.45) is 11.3 Å². The number of rotatable bonds is 16. The molecule has 0 radical (unpaired) electrons. The third kappa shape index (κ3) is 10.3. The van der Waals surface area contributed by atoms with Crippen LogP contribution >= 0.6 is 0 Å². The Morgan fingerprint density at radius 1 is 1.11 bits per heavy atom. The zero-order valence-corrected chi connectivity index (χ0v) is 28.3. The lowest BCUT2D eigenvalue weighted by Gasteiger charge is -2.35. The predicted octanol–water partition coefficient (Wildman–Crippen LogP) is 2.88. The minimum absolute atomic E-state index is 0.0455. The van der Waals surface area contributed by atoms with Crippen LogP contribution in [0.5, 0.6) is 5.75 Å². The molecular weight excluding hydrogens is 628 g/mol. The second-order valence-electron chi connectivity index (χ2n) is 12.7. The second-order valence-corrected chi connectivity index (χ2v) is 14.7. The highest BCUT2D eigenvalue weighted by molar-refractivity contribution is 7.89. The molecule has 0 unspecified atom stereocenters. The van der Waals surface area contributed by atoms with Crippen molar-refractivity contribution in [3.63, 3.8) is 0 Å². The monoisotopic (exact) mass is 676 g/mol. The Bertz CT molecular complexity index is 1410. The lowest BCUT2D eigenvalue weighted by Crippen LogP contribution is -2.52. The summed E-state index contributed by atoms with van der Waals surface area (Å²) >= 11 is 0. The number of hydrogen-bond acceptors (Lipinski definition) is 9. The summed E-state index contributed by atoms with van der Waals surface area (Å²) in [6, 6.07) is 14.2. The molecule has 13 nitrogen and oxygen atoms in total. The number of amides is 3. The molecule has 0 bridgehead atoms. The second kappa shape index (κ2) is 16.6. The van der Waals surface area contributed by atoms with Crippen molar-refractivity contribution in [3.05, 3.63) is 60.2 Å². The molecule has 2 aliphatic rings. The lowest BCUT2D eigenvalue weighted by atomic mass is 9.87. The zero-order valence-electron chi connectivity index (χ0n) is 27.5. The number of methoxy groups -OCH3 is 1. The SMILES string of the molecule is CNC(=O)NCCCC(C)(C)CN(C[C@H](O)[C@H](Cc1ccccc1)NC(=O)O[C@H]1CO[C@@H]2OCC[C@H]21)S(=O)(=O)c1ccc(OC)cc1. The Morgan fingerprint density at radius 2 is 1.83 bits per heavy atom. The smallest absolute Gasteiger partial charge is 0.407 e. The first-order chi connectivity index (χ1) is 22.4. The van der Waals surface area contributed by atoms with Crippen molar-refractivity contribution >= 4 is 22.1 Å². The minimum atomic E-state index is -4.10. The van der Waals surface area contributed by atoms with E-state index in [4.69, 9.17) is 18.9 Å². The summed E-state index contributed by atoms with van der Waals surface area (Å²) < 4.78 is 51.6. The van der Waals surface area contributed by atoms with Crippen LogP contribution in [0.4, 0.5) is 9.59 Å². The van der Waals surface area contributed by atoms with E-state index in [2.05, 4.69) is 16.0 Å². The van der Waals surface area contributed by atoms with E-state index in [1.54, 1.807) is 12.1 Å². The van der Waals surface area contributed by atoms with Gasteiger partial charge in [-0.1, -0.05) is 44.2 Å². The van der Waals surface area contributed by atoms with E-state index in [0.717, 1.165) is 5.56 Å². The number of alkyl carbamates (subject to hydrolysis) is 1. The summed E-state index contributed by atoms with van der Waals surface area (Å²) in [7, 11) is -1.07. The van der Waals surface area contributed by atoms with Crippen molar-refractivity contribution in [2.45, 2.75) is 69.0 Å². The van der Waals surface area contributed by atoms with E-state index in [0.29, 0.717) is 38.2 Å². The highest BCUT2D eigenvalue weighted by Gasteiger charge is 2.44. The normalized spacial score (nSPS) is 20.7. The first kappa shape index (κ1) is 36.4. The van der Waals surface area contributed by atoms with Gasteiger partial charge < -0.3 is 40.0 Å². The molecule has 2 aliphatic heterocycles. The van der Waals surface area contributed by atoms with Crippen LogP contribution in [0.25, 0.3) is 0 Å². The van der Waals surface area contributed by atoms with Gasteiger partial charge in [-0.3, -0.25) is 0 Å². The maximum Gasteiger partial charge on any atom is 0.407 e. The average Bonchev–Trinajstić information content (AvgIpc) is 3.68. The molecule has 2 aromatic rings. The van der Waals surface area contributed by atoms with Gasteiger partial charge in [0.2, 0.25) is 10.0 Å². The number of hydrogen-bond donors (Lipinski definition) is 4. The number of nitrogens with zero attached hydrogens (tertiary/aromatic N) is 1. The van der Waals surface area contributed by atoms with Gasteiger partial charge in [-0.25, -0.2) is 18.0 Å². The Labute approximate surface area is 277 Å². The van der Waals surface area contributed by atoms with Gasteiger partial charge in [-0.2, -0.15) is 4.31 Å². The molecule has 2 aromatic carbocycles. The maximum absolute atomic E-state index is 14.1. The van der Waals surface area contributed by atoms with Gasteiger partial charge >= 0.3 is 12.1 Å². The summed E-state index contributed by atoms with van der Waals surface area (Å²) in [4.78, 5) is 24.8. The van der Waals surface area contributed by atoms with Crippen LogP contribution in [0.15, 0.2) is 59.5 Å². The van der Waals surface area contributed by atoms with E-state index in [-0.39, 0.29) is 43.0 Å². The Balaban J connectivity index is 1.54. The quantitative estimate of drug-likeness (QED) is 0.196. The highest BCUT2D eigenvalue weighted by atomic mass is 32.2. The molecule has 2 saturated heterocycles. The number of sulfonamides is 1. The molecule has 0 aliphatic carbocycles. The standard InChI is InChI=1S/C33H48N4O9S/c1-33(2,16-8-17-35-31(39)34-3)22-37(47(41,42)25-13-11-24(43-4)12-14-25)20-28(38)27(19-23-9-6-5-7-10-23)36-32(40)46-29-21-45-30-26(29)15-18-44-30/h5-7,9-14,26-30,38H,8,15-22H2,1-4H3,(H,36,40)(H2,34,35,39)/t26-,27-,28-,29-,30-/m0/s1. The van der Waals surface area contributed by atoms with Crippen LogP contribution < -0.4 is 20.7 Å². The third-order valence-electron chi connectivity index (χ3n) is 8.54. The van der Waals surface area contributed by atoms with Crippen LogP contribution in [0.3, 0.4) is 0 Å². The van der Waals surface area contributed by atoms with E-state index < -0.39 is 46.1 Å². The molecule has 2 fully saturated rings. The molecule has 0 spiro atoms. The Kier molecular flexibility index (Phi) is 12.9. The predicted molar refractivity (Wildman–Crippen MR) is 174 cm³/mol. The summed E-state index contributed by atoms with van der Waals surface area (Å²) in [6.07, 6.45) is -0.743.